The van der Waals surface area contributed by atoms with Crippen LogP contribution in [-0.2, 0) is 16.0 Å². The Kier molecular flexibility index (Phi) is 31.8. The maximum absolute atomic E-state index is 14.9. The SMILES string of the molecule is CCCCCCCC/C=C\CCCCCCCC(=O)c1c(CCCCCCCCCC(=O)OCC(O)CO)c2ccc3cccc4ccc(c1C(=O)CCCCCCC/C=C\CCCCCCCC)c2c34. The van der Waals surface area contributed by atoms with Crippen molar-refractivity contribution in [3.8, 4) is 0 Å². The van der Waals surface area contributed by atoms with Gasteiger partial charge in [-0.3, -0.25) is 14.4 Å². The fraction of sp³-hybridized carbons (Fsp3) is 0.646. The average molecular weight is 975 g/mol. The van der Waals surface area contributed by atoms with E-state index in [4.69, 9.17) is 9.84 Å². The van der Waals surface area contributed by atoms with Gasteiger partial charge in [0.1, 0.15) is 12.7 Å². The summed E-state index contributed by atoms with van der Waals surface area (Å²) in [5.74, 6) is -0.0671. The molecule has 0 aromatic heterocycles. The predicted octanol–water partition coefficient (Wildman–Crippen LogP) is 18.6. The number of esters is 1. The standard InChI is InChI=1S/C65H98O6/c1-3-5-7-9-11-13-15-17-19-21-23-25-29-33-37-44-59(68)64-56(43-36-32-28-27-31-35-39-46-61(70)71-52-55(67)51-66)57-49-47-53-41-40-42-54-48-50-58(63(57)62(53)54)65(64)60(69)45-38-34-30-26-24-22-20-18-16-14-12-10-8-6-4-2/h17-20,40-42,47-50,55,66-67H,3-16,21-39,43-46,51-52H2,1-2H3/b19-17-,20-18-. The fourth-order valence-corrected chi connectivity index (χ4v) is 10.6. The quantitative estimate of drug-likeness (QED) is 0.0150. The zero-order valence-electron chi connectivity index (χ0n) is 45.0. The first-order valence-electron chi connectivity index (χ1n) is 29.4. The van der Waals surface area contributed by atoms with Gasteiger partial charge in [-0.05, 0) is 121 Å². The van der Waals surface area contributed by atoms with Gasteiger partial charge in [-0.15, -0.1) is 0 Å². The second-order valence-corrected chi connectivity index (χ2v) is 20.9. The molecule has 6 nitrogen and oxygen atoms in total. The van der Waals surface area contributed by atoms with Crippen molar-refractivity contribution in [2.75, 3.05) is 13.2 Å². The van der Waals surface area contributed by atoms with Crippen LogP contribution in [0.15, 0.2) is 66.8 Å². The van der Waals surface area contributed by atoms with Crippen molar-refractivity contribution in [3.63, 3.8) is 0 Å². The number of hydrogen-bond acceptors (Lipinski definition) is 6. The lowest BCUT2D eigenvalue weighted by atomic mass is 9.80. The van der Waals surface area contributed by atoms with Gasteiger partial charge in [0.2, 0.25) is 0 Å². The van der Waals surface area contributed by atoms with Crippen LogP contribution in [-0.4, -0.2) is 47.1 Å². The van der Waals surface area contributed by atoms with Crippen LogP contribution in [0.5, 0.6) is 0 Å². The van der Waals surface area contributed by atoms with Gasteiger partial charge in [-0.1, -0.05) is 215 Å². The summed E-state index contributed by atoms with van der Waals surface area (Å²) in [4.78, 5) is 41.7. The summed E-state index contributed by atoms with van der Waals surface area (Å²) in [5, 5.41) is 25.2. The maximum atomic E-state index is 14.9. The van der Waals surface area contributed by atoms with Gasteiger partial charge >= 0.3 is 5.97 Å². The molecule has 71 heavy (non-hydrogen) atoms. The normalized spacial score (nSPS) is 12.5. The highest BCUT2D eigenvalue weighted by molar-refractivity contribution is 6.30. The molecule has 1 unspecified atom stereocenters. The van der Waals surface area contributed by atoms with Gasteiger partial charge in [-0.25, -0.2) is 0 Å². The molecule has 0 radical (unpaired) electrons. The molecule has 0 spiro atoms. The highest BCUT2D eigenvalue weighted by atomic mass is 16.5. The maximum Gasteiger partial charge on any atom is 0.305 e. The summed E-state index contributed by atoms with van der Waals surface area (Å²) in [6.07, 6.45) is 48.9. The number of carbonyl (C=O) groups excluding carboxylic acids is 3. The van der Waals surface area contributed by atoms with Gasteiger partial charge < -0.3 is 14.9 Å². The fourth-order valence-electron chi connectivity index (χ4n) is 10.6. The molecule has 0 aliphatic carbocycles. The number of hydrogen-bond donors (Lipinski definition) is 2. The Morgan fingerprint density at radius 3 is 1.35 bits per heavy atom. The van der Waals surface area contributed by atoms with Crippen LogP contribution in [0.4, 0.5) is 0 Å². The largest absolute Gasteiger partial charge is 0.463 e. The van der Waals surface area contributed by atoms with Crippen LogP contribution < -0.4 is 0 Å². The van der Waals surface area contributed by atoms with Crippen LogP contribution in [0.1, 0.15) is 271 Å². The third-order valence-electron chi connectivity index (χ3n) is 14.8. The van der Waals surface area contributed by atoms with Crippen LogP contribution in [0.2, 0.25) is 0 Å². The van der Waals surface area contributed by atoms with Gasteiger partial charge in [0.15, 0.2) is 11.6 Å². The minimum absolute atomic E-state index is 0.128. The van der Waals surface area contributed by atoms with Crippen LogP contribution in [0, 0.1) is 0 Å². The van der Waals surface area contributed by atoms with Crippen molar-refractivity contribution in [1.82, 2.24) is 0 Å². The Balaban J connectivity index is 1.40. The van der Waals surface area contributed by atoms with Crippen molar-refractivity contribution in [2.45, 2.75) is 258 Å². The van der Waals surface area contributed by atoms with Gasteiger partial charge in [-0.2, -0.15) is 0 Å². The molecule has 0 aliphatic heterocycles. The molecule has 0 aliphatic rings. The molecule has 0 saturated heterocycles. The van der Waals surface area contributed by atoms with E-state index in [1.807, 2.05) is 0 Å². The molecule has 0 bridgehead atoms. The number of aliphatic hydroxyl groups is 2. The van der Waals surface area contributed by atoms with E-state index in [9.17, 15) is 19.5 Å². The zero-order valence-corrected chi connectivity index (χ0v) is 45.0. The molecule has 4 aromatic rings. The van der Waals surface area contributed by atoms with Crippen LogP contribution >= 0.6 is 0 Å². The molecule has 4 rings (SSSR count). The van der Waals surface area contributed by atoms with E-state index in [0.29, 0.717) is 30.4 Å². The van der Waals surface area contributed by atoms with E-state index in [0.717, 1.165) is 124 Å². The summed E-state index contributed by atoms with van der Waals surface area (Å²) in [7, 11) is 0. The van der Waals surface area contributed by atoms with E-state index < -0.39 is 12.7 Å². The number of rotatable bonds is 45. The molecular formula is C65H98O6. The Hall–Kier alpha value is -3.87. The van der Waals surface area contributed by atoms with Gasteiger partial charge in [0.05, 0.1) is 6.61 Å². The number of aliphatic hydroxyl groups excluding tert-OH is 2. The Bertz CT molecular complexity index is 2100. The number of unbranched alkanes of at least 4 members (excludes halogenated alkanes) is 28. The van der Waals surface area contributed by atoms with Crippen molar-refractivity contribution in [2.24, 2.45) is 0 Å². The highest BCUT2D eigenvalue weighted by Gasteiger charge is 2.27. The third kappa shape index (κ3) is 22.8. The molecule has 4 aromatic carbocycles. The van der Waals surface area contributed by atoms with Crippen LogP contribution in [0.25, 0.3) is 32.3 Å². The van der Waals surface area contributed by atoms with Crippen LogP contribution in [0.3, 0.4) is 0 Å². The van der Waals surface area contributed by atoms with Crippen molar-refractivity contribution in [1.29, 1.82) is 0 Å². The average Bonchev–Trinajstić information content (AvgIpc) is 3.38. The summed E-state index contributed by atoms with van der Waals surface area (Å²) >= 11 is 0. The third-order valence-corrected chi connectivity index (χ3v) is 14.8. The molecule has 6 heteroatoms. The van der Waals surface area contributed by atoms with E-state index in [1.165, 1.54) is 132 Å². The number of carbonyl (C=O) groups is 3. The second-order valence-electron chi connectivity index (χ2n) is 20.9. The number of Topliss-reactive ketones (excluding diaryl/α,β-unsaturated/α-hetero) is 2. The second kappa shape index (κ2) is 37.8. The topological polar surface area (TPSA) is 101 Å². The lowest BCUT2D eigenvalue weighted by molar-refractivity contribution is -0.147. The molecule has 394 valence electrons. The molecule has 1 atom stereocenters. The van der Waals surface area contributed by atoms with Crippen molar-refractivity contribution in [3.05, 3.63) is 83.5 Å². The summed E-state index contributed by atoms with van der Waals surface area (Å²) < 4.78 is 5.04. The van der Waals surface area contributed by atoms with Gasteiger partial charge in [0.25, 0.3) is 0 Å². The summed E-state index contributed by atoms with van der Waals surface area (Å²) in [5.41, 5.74) is 2.47. The van der Waals surface area contributed by atoms with Gasteiger partial charge in [0, 0.05) is 30.4 Å². The van der Waals surface area contributed by atoms with E-state index in [1.54, 1.807) is 0 Å². The minimum atomic E-state index is -1.03. The highest BCUT2D eigenvalue weighted by Crippen LogP contribution is 2.42. The lowest BCUT2D eigenvalue weighted by Crippen LogP contribution is -2.21. The number of ether oxygens (including phenoxy) is 1. The summed E-state index contributed by atoms with van der Waals surface area (Å²) in [6, 6.07) is 15.2. The van der Waals surface area contributed by atoms with Crippen molar-refractivity contribution < 1.29 is 29.3 Å². The lowest BCUT2D eigenvalue weighted by Gasteiger charge is -2.22. The Morgan fingerprint density at radius 1 is 0.465 bits per heavy atom. The minimum Gasteiger partial charge on any atom is -0.463 e. The number of benzene rings is 4. The van der Waals surface area contributed by atoms with E-state index in [-0.39, 0.29) is 24.1 Å². The molecule has 2 N–H and O–H groups in total. The molecule has 0 fully saturated rings. The first-order valence-corrected chi connectivity index (χ1v) is 29.4. The Labute approximate surface area is 431 Å². The number of allylic oxidation sites excluding steroid dienone is 4. The first-order chi connectivity index (χ1) is 34.9. The molecule has 0 amide bonds. The predicted molar refractivity (Wildman–Crippen MR) is 302 cm³/mol. The molecular weight excluding hydrogens is 877 g/mol. The van der Waals surface area contributed by atoms with Crippen molar-refractivity contribution >= 4 is 49.9 Å². The smallest absolute Gasteiger partial charge is 0.305 e. The number of aryl methyl sites for hydroxylation is 1. The Morgan fingerprint density at radius 2 is 0.873 bits per heavy atom. The zero-order chi connectivity index (χ0) is 50.6. The molecule has 0 saturated carbocycles. The number of ketones is 2. The van der Waals surface area contributed by atoms with E-state index in [2.05, 4.69) is 80.6 Å². The molecule has 0 heterocycles. The summed E-state index contributed by atoms with van der Waals surface area (Å²) in [6.45, 7) is 3.96. The monoisotopic (exact) mass is 975 g/mol. The first kappa shape index (κ1) is 59.7. The van der Waals surface area contributed by atoms with E-state index >= 15 is 0 Å².